The lowest BCUT2D eigenvalue weighted by molar-refractivity contribution is 0.248. The molecule has 0 aliphatic carbocycles. The van der Waals surface area contributed by atoms with Crippen LogP contribution in [-0.2, 0) is 6.42 Å². The maximum Gasteiger partial charge on any atom is 0.319 e. The number of urea groups is 1. The van der Waals surface area contributed by atoms with Gasteiger partial charge in [-0.3, -0.25) is 0 Å². The predicted octanol–water partition coefficient (Wildman–Crippen LogP) is 4.62. The number of aryl methyl sites for hydroxylation is 1. The molecule has 0 aromatic heterocycles. The highest BCUT2D eigenvalue weighted by molar-refractivity contribution is 6.33. The van der Waals surface area contributed by atoms with Crippen LogP contribution in [0.5, 0.6) is 0 Å². The minimum Gasteiger partial charge on any atom is -0.335 e. The van der Waals surface area contributed by atoms with Crippen LogP contribution in [0.4, 0.5) is 14.9 Å². The van der Waals surface area contributed by atoms with Gasteiger partial charge in [0, 0.05) is 6.04 Å². The Morgan fingerprint density at radius 1 is 1.23 bits per heavy atom. The zero-order valence-electron chi connectivity index (χ0n) is 12.3. The van der Waals surface area contributed by atoms with E-state index in [1.165, 1.54) is 17.7 Å². The average molecular weight is 321 g/mol. The Labute approximate surface area is 134 Å². The van der Waals surface area contributed by atoms with Crippen LogP contribution in [-0.4, -0.2) is 12.1 Å². The zero-order valence-corrected chi connectivity index (χ0v) is 13.0. The lowest BCUT2D eigenvalue weighted by Gasteiger charge is -2.15. The second-order valence-electron chi connectivity index (χ2n) is 5.15. The van der Waals surface area contributed by atoms with Crippen molar-refractivity contribution in [2.45, 2.75) is 25.8 Å². The minimum atomic E-state index is -0.438. The van der Waals surface area contributed by atoms with Crippen molar-refractivity contribution in [3.63, 3.8) is 0 Å². The number of nitrogens with one attached hydrogen (secondary N) is 2. The maximum atomic E-state index is 12.9. The van der Waals surface area contributed by atoms with E-state index in [-0.39, 0.29) is 17.1 Å². The molecule has 0 aliphatic heterocycles. The zero-order chi connectivity index (χ0) is 15.9. The number of benzene rings is 2. The molecule has 0 heterocycles. The van der Waals surface area contributed by atoms with Gasteiger partial charge >= 0.3 is 6.03 Å². The summed E-state index contributed by atoms with van der Waals surface area (Å²) in [4.78, 5) is 11.9. The lowest BCUT2D eigenvalue weighted by Crippen LogP contribution is -2.36. The number of rotatable bonds is 5. The van der Waals surface area contributed by atoms with Crippen LogP contribution in [0.3, 0.4) is 0 Å². The summed E-state index contributed by atoms with van der Waals surface area (Å²) in [6, 6.07) is 13.6. The van der Waals surface area contributed by atoms with Crippen molar-refractivity contribution >= 4 is 23.3 Å². The molecular weight excluding hydrogens is 303 g/mol. The Morgan fingerprint density at radius 3 is 2.64 bits per heavy atom. The van der Waals surface area contributed by atoms with Crippen molar-refractivity contribution < 1.29 is 9.18 Å². The normalized spacial score (nSPS) is 11.8. The number of halogens is 2. The van der Waals surface area contributed by atoms with E-state index in [0.29, 0.717) is 5.69 Å². The molecule has 2 rings (SSSR count). The highest BCUT2D eigenvalue weighted by atomic mass is 35.5. The SMILES string of the molecule is CC(CCc1ccccc1)NC(=O)Nc1ccc(F)cc1Cl. The van der Waals surface area contributed by atoms with Crippen molar-refractivity contribution in [1.82, 2.24) is 5.32 Å². The smallest absolute Gasteiger partial charge is 0.319 e. The van der Waals surface area contributed by atoms with E-state index in [1.54, 1.807) is 0 Å². The van der Waals surface area contributed by atoms with Gasteiger partial charge in [-0.15, -0.1) is 0 Å². The van der Waals surface area contributed by atoms with Crippen molar-refractivity contribution in [3.8, 4) is 0 Å². The molecule has 0 bridgehead atoms. The van der Waals surface area contributed by atoms with Gasteiger partial charge in [-0.05, 0) is 43.5 Å². The average Bonchev–Trinajstić information content (AvgIpc) is 2.49. The molecule has 2 aromatic carbocycles. The molecule has 0 saturated heterocycles. The van der Waals surface area contributed by atoms with Crippen LogP contribution in [0.1, 0.15) is 18.9 Å². The van der Waals surface area contributed by atoms with Crippen LogP contribution in [0.25, 0.3) is 0 Å². The predicted molar refractivity (Wildman–Crippen MR) is 87.8 cm³/mol. The molecule has 3 nitrogen and oxygen atoms in total. The molecule has 5 heteroatoms. The molecule has 1 atom stereocenters. The van der Waals surface area contributed by atoms with Crippen molar-refractivity contribution in [1.29, 1.82) is 0 Å². The molecular formula is C17H18ClFN2O. The summed E-state index contributed by atoms with van der Waals surface area (Å²) in [6.07, 6.45) is 1.72. The first-order valence-electron chi connectivity index (χ1n) is 7.11. The Balaban J connectivity index is 1.81. The standard InChI is InChI=1S/C17H18ClFN2O/c1-12(7-8-13-5-3-2-4-6-13)20-17(22)21-16-10-9-14(19)11-15(16)18/h2-6,9-12H,7-8H2,1H3,(H2,20,21,22). The summed E-state index contributed by atoms with van der Waals surface area (Å²) in [5, 5.41) is 5.63. The van der Waals surface area contributed by atoms with Crippen LogP contribution >= 0.6 is 11.6 Å². The van der Waals surface area contributed by atoms with Gasteiger partial charge in [0.15, 0.2) is 0 Å². The van der Waals surface area contributed by atoms with Crippen LogP contribution in [0.15, 0.2) is 48.5 Å². The fourth-order valence-corrected chi connectivity index (χ4v) is 2.29. The molecule has 116 valence electrons. The Kier molecular flexibility index (Phi) is 5.78. The molecule has 0 aliphatic rings. The van der Waals surface area contributed by atoms with Crippen LogP contribution in [0, 0.1) is 5.82 Å². The highest BCUT2D eigenvalue weighted by Gasteiger charge is 2.10. The summed E-state index contributed by atoms with van der Waals surface area (Å²) < 4.78 is 12.9. The molecule has 22 heavy (non-hydrogen) atoms. The quantitative estimate of drug-likeness (QED) is 0.829. The summed E-state index contributed by atoms with van der Waals surface area (Å²) in [5.41, 5.74) is 1.62. The number of hydrogen-bond acceptors (Lipinski definition) is 1. The van der Waals surface area contributed by atoms with E-state index in [0.717, 1.165) is 18.9 Å². The fraction of sp³-hybridized carbons (Fsp3) is 0.235. The first-order valence-corrected chi connectivity index (χ1v) is 7.49. The minimum absolute atomic E-state index is 0.0134. The molecule has 0 fully saturated rings. The summed E-state index contributed by atoms with van der Waals surface area (Å²) >= 11 is 5.87. The first kappa shape index (κ1) is 16.3. The van der Waals surface area contributed by atoms with E-state index >= 15 is 0 Å². The number of carbonyl (C=O) groups excluding carboxylic acids is 1. The first-order chi connectivity index (χ1) is 10.5. The molecule has 0 radical (unpaired) electrons. The summed E-state index contributed by atoms with van der Waals surface area (Å²) in [5.74, 6) is -0.438. The number of hydrogen-bond donors (Lipinski definition) is 2. The van der Waals surface area contributed by atoms with Crippen molar-refractivity contribution in [2.75, 3.05) is 5.32 Å². The number of anilines is 1. The second-order valence-corrected chi connectivity index (χ2v) is 5.56. The maximum absolute atomic E-state index is 12.9. The summed E-state index contributed by atoms with van der Waals surface area (Å²) in [6.45, 7) is 1.94. The molecule has 2 N–H and O–H groups in total. The topological polar surface area (TPSA) is 41.1 Å². The largest absolute Gasteiger partial charge is 0.335 e. The third kappa shape index (κ3) is 5.04. The number of carbonyl (C=O) groups is 1. The second kappa shape index (κ2) is 7.80. The van der Waals surface area contributed by atoms with E-state index in [9.17, 15) is 9.18 Å². The fourth-order valence-electron chi connectivity index (χ4n) is 2.07. The van der Waals surface area contributed by atoms with Gasteiger partial charge in [0.05, 0.1) is 10.7 Å². The third-order valence-corrected chi connectivity index (χ3v) is 3.58. The van der Waals surface area contributed by atoms with Crippen LogP contribution in [0.2, 0.25) is 5.02 Å². The molecule has 0 spiro atoms. The van der Waals surface area contributed by atoms with Gasteiger partial charge in [0.1, 0.15) is 5.82 Å². The van der Waals surface area contributed by atoms with Crippen LogP contribution < -0.4 is 10.6 Å². The van der Waals surface area contributed by atoms with Crippen molar-refractivity contribution in [2.24, 2.45) is 0 Å². The van der Waals surface area contributed by atoms with E-state index < -0.39 is 5.82 Å². The van der Waals surface area contributed by atoms with E-state index in [4.69, 9.17) is 11.6 Å². The number of amides is 2. The van der Waals surface area contributed by atoms with E-state index in [2.05, 4.69) is 22.8 Å². The van der Waals surface area contributed by atoms with Gasteiger partial charge < -0.3 is 10.6 Å². The van der Waals surface area contributed by atoms with E-state index in [1.807, 2.05) is 25.1 Å². The Bertz CT molecular complexity index is 634. The van der Waals surface area contributed by atoms with Gasteiger partial charge in [0.2, 0.25) is 0 Å². The van der Waals surface area contributed by atoms with Gasteiger partial charge in [0.25, 0.3) is 0 Å². The molecule has 1 unspecified atom stereocenters. The monoisotopic (exact) mass is 320 g/mol. The lowest BCUT2D eigenvalue weighted by atomic mass is 10.1. The highest BCUT2D eigenvalue weighted by Crippen LogP contribution is 2.22. The van der Waals surface area contributed by atoms with Crippen molar-refractivity contribution in [3.05, 3.63) is 64.9 Å². The Morgan fingerprint density at radius 2 is 1.95 bits per heavy atom. The van der Waals surface area contributed by atoms with Gasteiger partial charge in [-0.2, -0.15) is 0 Å². The summed E-state index contributed by atoms with van der Waals surface area (Å²) in [7, 11) is 0. The van der Waals surface area contributed by atoms with Gasteiger partial charge in [-0.1, -0.05) is 41.9 Å². The molecule has 2 amide bonds. The Hall–Kier alpha value is -2.07. The molecule has 2 aromatic rings. The molecule has 0 saturated carbocycles. The van der Waals surface area contributed by atoms with Gasteiger partial charge in [-0.25, -0.2) is 9.18 Å². The third-order valence-electron chi connectivity index (χ3n) is 3.27.